The minimum atomic E-state index is 0.0558. The number of pyridine rings is 1. The molecule has 1 aromatic carbocycles. The molecule has 1 aliphatic rings. The lowest BCUT2D eigenvalue weighted by atomic mass is 10.1. The first-order valence-electron chi connectivity index (χ1n) is 9.27. The number of rotatable bonds is 7. The van der Waals surface area contributed by atoms with Gasteiger partial charge in [0.15, 0.2) is 0 Å². The number of nitrogens with zero attached hydrogens (tertiary/aromatic N) is 3. The number of fused-ring (bicyclic) bond motifs is 1. The summed E-state index contributed by atoms with van der Waals surface area (Å²) in [6, 6.07) is 10.4. The van der Waals surface area contributed by atoms with Gasteiger partial charge in [-0.2, -0.15) is 5.10 Å². The summed E-state index contributed by atoms with van der Waals surface area (Å²) in [6.07, 6.45) is 6.67. The van der Waals surface area contributed by atoms with Crippen LogP contribution in [0.2, 0.25) is 0 Å². The standard InChI is InChI=1S/C20H24N6OS/c1-26-13-16(10-25-26)15-8-19-20(24-9-15)27-17(12-23-19)11-22-7-6-14-2-4-18(28-21)5-3-14/h2-5,8-10,13,17,22-23H,6-7,11-12,21H2,1H3. The lowest BCUT2D eigenvalue weighted by molar-refractivity contribution is 0.194. The van der Waals surface area contributed by atoms with Crippen LogP contribution in [0.15, 0.2) is 53.8 Å². The van der Waals surface area contributed by atoms with Gasteiger partial charge in [0.05, 0.1) is 18.4 Å². The van der Waals surface area contributed by atoms with E-state index < -0.39 is 0 Å². The summed E-state index contributed by atoms with van der Waals surface area (Å²) < 4.78 is 7.82. The third-order valence-corrected chi connectivity index (χ3v) is 5.25. The molecule has 28 heavy (non-hydrogen) atoms. The number of hydrogen-bond donors (Lipinski definition) is 3. The van der Waals surface area contributed by atoms with Gasteiger partial charge in [-0.1, -0.05) is 12.1 Å². The van der Waals surface area contributed by atoms with Crippen molar-refractivity contribution >= 4 is 17.6 Å². The van der Waals surface area contributed by atoms with Crippen molar-refractivity contribution in [1.82, 2.24) is 20.1 Å². The van der Waals surface area contributed by atoms with Crippen LogP contribution in [0.5, 0.6) is 5.88 Å². The second-order valence-electron chi connectivity index (χ2n) is 6.82. The highest BCUT2D eigenvalue weighted by Crippen LogP contribution is 2.30. The SMILES string of the molecule is Cn1cc(-c2cnc3c(c2)NCC(CNCCc2ccc(SN)cc2)O3)cn1. The fourth-order valence-corrected chi connectivity index (χ4v) is 3.46. The fraction of sp³-hybridized carbons (Fsp3) is 0.300. The Morgan fingerprint density at radius 2 is 2.14 bits per heavy atom. The zero-order valence-electron chi connectivity index (χ0n) is 15.8. The van der Waals surface area contributed by atoms with E-state index in [9.17, 15) is 0 Å². The Balaban J connectivity index is 1.27. The van der Waals surface area contributed by atoms with Crippen LogP contribution >= 0.6 is 11.9 Å². The summed E-state index contributed by atoms with van der Waals surface area (Å²) in [5.74, 6) is 0.653. The summed E-state index contributed by atoms with van der Waals surface area (Å²) in [4.78, 5) is 5.57. The van der Waals surface area contributed by atoms with E-state index in [0.29, 0.717) is 5.88 Å². The van der Waals surface area contributed by atoms with Gasteiger partial charge in [-0.05, 0) is 48.7 Å². The van der Waals surface area contributed by atoms with Crippen molar-refractivity contribution in [3.8, 4) is 17.0 Å². The van der Waals surface area contributed by atoms with Crippen molar-refractivity contribution in [2.45, 2.75) is 17.4 Å². The number of aromatic nitrogens is 3. The number of nitrogens with one attached hydrogen (secondary N) is 2. The van der Waals surface area contributed by atoms with E-state index in [4.69, 9.17) is 9.88 Å². The molecule has 8 heteroatoms. The molecule has 1 aliphatic heterocycles. The topological polar surface area (TPSA) is 90.0 Å². The Morgan fingerprint density at radius 1 is 1.29 bits per heavy atom. The summed E-state index contributed by atoms with van der Waals surface area (Å²) in [5.41, 5.74) is 4.29. The highest BCUT2D eigenvalue weighted by atomic mass is 32.2. The van der Waals surface area contributed by atoms with Gasteiger partial charge in [-0.25, -0.2) is 4.98 Å². The molecule has 0 saturated carbocycles. The first kappa shape index (κ1) is 18.8. The number of anilines is 1. The molecule has 0 spiro atoms. The van der Waals surface area contributed by atoms with Crippen LogP contribution in [-0.2, 0) is 13.5 Å². The predicted molar refractivity (Wildman–Crippen MR) is 112 cm³/mol. The molecular weight excluding hydrogens is 372 g/mol. The molecule has 0 fully saturated rings. The zero-order chi connectivity index (χ0) is 19.3. The summed E-state index contributed by atoms with van der Waals surface area (Å²) in [6.45, 7) is 2.42. The summed E-state index contributed by atoms with van der Waals surface area (Å²) >= 11 is 1.27. The molecular formula is C20H24N6OS. The second-order valence-corrected chi connectivity index (χ2v) is 7.52. The molecule has 7 nitrogen and oxygen atoms in total. The highest BCUT2D eigenvalue weighted by Gasteiger charge is 2.20. The van der Waals surface area contributed by atoms with Gasteiger partial charge < -0.3 is 15.4 Å². The Morgan fingerprint density at radius 3 is 2.89 bits per heavy atom. The van der Waals surface area contributed by atoms with Crippen LogP contribution in [0.4, 0.5) is 5.69 Å². The smallest absolute Gasteiger partial charge is 0.237 e. The zero-order valence-corrected chi connectivity index (χ0v) is 16.6. The van der Waals surface area contributed by atoms with Gasteiger partial charge in [-0.3, -0.25) is 9.82 Å². The molecule has 0 bridgehead atoms. The monoisotopic (exact) mass is 396 g/mol. The third-order valence-electron chi connectivity index (χ3n) is 4.71. The first-order valence-corrected chi connectivity index (χ1v) is 10.2. The molecule has 1 atom stereocenters. The predicted octanol–water partition coefficient (Wildman–Crippen LogP) is 2.45. The highest BCUT2D eigenvalue weighted by molar-refractivity contribution is 7.97. The molecule has 1 unspecified atom stereocenters. The molecule has 146 valence electrons. The van der Waals surface area contributed by atoms with Crippen LogP contribution in [0.3, 0.4) is 0 Å². The lowest BCUT2D eigenvalue weighted by Gasteiger charge is -2.27. The second kappa shape index (κ2) is 8.64. The Labute approximate surface area is 168 Å². The molecule has 4 rings (SSSR count). The lowest BCUT2D eigenvalue weighted by Crippen LogP contribution is -2.40. The Kier molecular flexibility index (Phi) is 5.80. The van der Waals surface area contributed by atoms with E-state index in [1.807, 2.05) is 25.6 Å². The largest absolute Gasteiger partial charge is 0.470 e. The number of ether oxygens (including phenoxy) is 1. The molecule has 3 heterocycles. The van der Waals surface area contributed by atoms with Crippen molar-refractivity contribution in [2.75, 3.05) is 25.0 Å². The van der Waals surface area contributed by atoms with Crippen LogP contribution < -0.4 is 20.5 Å². The average molecular weight is 397 g/mol. The van der Waals surface area contributed by atoms with Gasteiger partial charge in [0, 0.05) is 42.0 Å². The summed E-state index contributed by atoms with van der Waals surface area (Å²) in [7, 11) is 1.91. The maximum atomic E-state index is 6.04. The third kappa shape index (κ3) is 4.46. The van der Waals surface area contributed by atoms with Crippen LogP contribution in [-0.4, -0.2) is 40.5 Å². The number of nitrogens with two attached hydrogens (primary N) is 1. The van der Waals surface area contributed by atoms with Gasteiger partial charge in [0.2, 0.25) is 5.88 Å². The molecule has 0 amide bonds. The van der Waals surface area contributed by atoms with Crippen LogP contribution in [0.1, 0.15) is 5.56 Å². The van der Waals surface area contributed by atoms with Gasteiger partial charge in [0.1, 0.15) is 6.10 Å². The molecule has 3 aromatic rings. The maximum absolute atomic E-state index is 6.04. The van der Waals surface area contributed by atoms with E-state index in [1.54, 1.807) is 4.68 Å². The molecule has 2 aromatic heterocycles. The van der Waals surface area contributed by atoms with E-state index in [1.165, 1.54) is 17.5 Å². The van der Waals surface area contributed by atoms with Crippen molar-refractivity contribution < 1.29 is 4.74 Å². The van der Waals surface area contributed by atoms with Crippen molar-refractivity contribution in [2.24, 2.45) is 12.2 Å². The van der Waals surface area contributed by atoms with Gasteiger partial charge in [0.25, 0.3) is 0 Å². The molecule has 0 saturated heterocycles. The van der Waals surface area contributed by atoms with Crippen molar-refractivity contribution in [3.05, 3.63) is 54.5 Å². The van der Waals surface area contributed by atoms with Crippen LogP contribution in [0, 0.1) is 0 Å². The minimum absolute atomic E-state index is 0.0558. The minimum Gasteiger partial charge on any atom is -0.470 e. The maximum Gasteiger partial charge on any atom is 0.237 e. The van der Waals surface area contributed by atoms with Gasteiger partial charge in [-0.15, -0.1) is 0 Å². The average Bonchev–Trinajstić information content (AvgIpc) is 3.17. The Hall–Kier alpha value is -2.55. The van der Waals surface area contributed by atoms with Crippen molar-refractivity contribution in [3.63, 3.8) is 0 Å². The quantitative estimate of drug-likeness (QED) is 0.417. The fourth-order valence-electron chi connectivity index (χ4n) is 3.17. The molecule has 0 radical (unpaired) electrons. The molecule has 0 aliphatic carbocycles. The van der Waals surface area contributed by atoms with E-state index >= 15 is 0 Å². The van der Waals surface area contributed by atoms with Crippen LogP contribution in [0.25, 0.3) is 11.1 Å². The van der Waals surface area contributed by atoms with Gasteiger partial charge >= 0.3 is 0 Å². The van der Waals surface area contributed by atoms with E-state index in [-0.39, 0.29) is 6.10 Å². The van der Waals surface area contributed by atoms with E-state index in [2.05, 4.69) is 51.0 Å². The summed E-state index contributed by atoms with van der Waals surface area (Å²) in [5, 5.41) is 16.7. The van der Waals surface area contributed by atoms with E-state index in [0.717, 1.165) is 47.8 Å². The number of hydrogen-bond acceptors (Lipinski definition) is 7. The first-order chi connectivity index (χ1) is 13.7. The normalized spacial score (nSPS) is 15.6. The molecule has 4 N–H and O–H groups in total. The number of aryl methyl sites for hydroxylation is 1. The Bertz CT molecular complexity index is 927. The van der Waals surface area contributed by atoms with Crippen molar-refractivity contribution in [1.29, 1.82) is 0 Å². The number of benzene rings is 1.